The molecular weight excluding hydrogens is 391 g/mol. The van der Waals surface area contributed by atoms with E-state index >= 15 is 0 Å². The Morgan fingerprint density at radius 2 is 0.969 bits per heavy atom. The zero-order valence-electron chi connectivity index (χ0n) is 18.3. The first-order valence-corrected chi connectivity index (χ1v) is 11.0. The van der Waals surface area contributed by atoms with Crippen molar-refractivity contribution in [1.82, 2.24) is 0 Å². The van der Waals surface area contributed by atoms with Gasteiger partial charge in [0.05, 0.1) is 0 Å². The van der Waals surface area contributed by atoms with Crippen LogP contribution in [0.4, 0.5) is 4.39 Å². The monoisotopic (exact) mass is 418 g/mol. The van der Waals surface area contributed by atoms with Gasteiger partial charge in [0, 0.05) is 0 Å². The first-order chi connectivity index (χ1) is 15.7. The molecule has 0 nitrogen and oxygen atoms in total. The molecule has 0 N–H and O–H groups in total. The molecule has 0 amide bonds. The second kappa shape index (κ2) is 10.5. The van der Waals surface area contributed by atoms with Crippen LogP contribution in [0.1, 0.15) is 46.2 Å². The van der Waals surface area contributed by atoms with Crippen molar-refractivity contribution in [2.45, 2.75) is 19.3 Å². The van der Waals surface area contributed by atoms with E-state index < -0.39 is 0 Å². The normalized spacial score (nSPS) is 12.4. The van der Waals surface area contributed by atoms with Gasteiger partial charge in [0.15, 0.2) is 0 Å². The molecule has 1 heteroatoms. The molecule has 4 aromatic carbocycles. The van der Waals surface area contributed by atoms with Gasteiger partial charge in [-0.25, -0.2) is 4.39 Å². The average Bonchev–Trinajstić information content (AvgIpc) is 2.84. The number of rotatable bonds is 7. The highest BCUT2D eigenvalue weighted by Crippen LogP contribution is 2.21. The van der Waals surface area contributed by atoms with Gasteiger partial charge in [-0.2, -0.15) is 0 Å². The van der Waals surface area contributed by atoms with Crippen LogP contribution in [0.3, 0.4) is 0 Å². The Morgan fingerprint density at radius 1 is 0.562 bits per heavy atom. The van der Waals surface area contributed by atoms with Gasteiger partial charge in [-0.15, -0.1) is 0 Å². The molecule has 158 valence electrons. The van der Waals surface area contributed by atoms with Crippen LogP contribution in [0.15, 0.2) is 103 Å². The summed E-state index contributed by atoms with van der Waals surface area (Å²) < 4.78 is 13.0. The second-order valence-corrected chi connectivity index (χ2v) is 8.14. The van der Waals surface area contributed by atoms with Gasteiger partial charge in [0.1, 0.15) is 5.82 Å². The molecule has 0 aliphatic carbocycles. The summed E-state index contributed by atoms with van der Waals surface area (Å²) in [6, 6.07) is 34.4. The molecule has 0 aromatic heterocycles. The van der Waals surface area contributed by atoms with Crippen molar-refractivity contribution in [3.63, 3.8) is 0 Å². The molecule has 1 unspecified atom stereocenters. The molecule has 0 bridgehead atoms. The highest BCUT2D eigenvalue weighted by atomic mass is 19.1. The van der Waals surface area contributed by atoms with Gasteiger partial charge in [-0.3, -0.25) is 0 Å². The lowest BCUT2D eigenvalue weighted by atomic mass is 9.93. The summed E-state index contributed by atoms with van der Waals surface area (Å²) in [6.07, 6.45) is 9.35. The summed E-state index contributed by atoms with van der Waals surface area (Å²) in [5.74, 6) is 0.294. The molecule has 0 heterocycles. The van der Waals surface area contributed by atoms with E-state index in [1.807, 2.05) is 12.2 Å². The smallest absolute Gasteiger partial charge is 0.123 e. The lowest BCUT2D eigenvalue weighted by molar-refractivity contribution is 0.628. The fraction of sp³-hybridized carbons (Fsp3) is 0.0968. The van der Waals surface area contributed by atoms with Crippen LogP contribution in [-0.2, 0) is 6.42 Å². The first-order valence-electron chi connectivity index (χ1n) is 11.0. The Morgan fingerprint density at radius 3 is 1.44 bits per heavy atom. The van der Waals surface area contributed by atoms with E-state index in [1.54, 1.807) is 12.1 Å². The second-order valence-electron chi connectivity index (χ2n) is 8.14. The predicted octanol–water partition coefficient (Wildman–Crippen LogP) is 8.51. The van der Waals surface area contributed by atoms with Gasteiger partial charge in [0.2, 0.25) is 0 Å². The number of benzene rings is 4. The maximum atomic E-state index is 13.0. The third-order valence-electron chi connectivity index (χ3n) is 5.63. The molecule has 0 radical (unpaired) electrons. The SMILES string of the molecule is CC(Cc1ccc(/C=C/c2ccc(/C=C/c3ccc(F)cc3)cc2)cc1)c1ccccc1. The summed E-state index contributed by atoms with van der Waals surface area (Å²) in [5.41, 5.74) is 7.19. The summed E-state index contributed by atoms with van der Waals surface area (Å²) in [6.45, 7) is 2.28. The topological polar surface area (TPSA) is 0 Å². The van der Waals surface area contributed by atoms with Crippen molar-refractivity contribution in [3.8, 4) is 0 Å². The van der Waals surface area contributed by atoms with Gasteiger partial charge >= 0.3 is 0 Å². The molecule has 0 spiro atoms. The molecule has 0 fully saturated rings. The maximum absolute atomic E-state index is 13.0. The standard InChI is InChI=1S/C31H27F/c1-24(30-5-3-2-4-6-30)23-29-17-15-27(16-18-29)12-11-25-7-9-26(10-8-25)13-14-28-19-21-31(32)22-20-28/h2-22,24H,23H2,1H3/b12-11+,14-13+. The van der Waals surface area contributed by atoms with Crippen LogP contribution in [0.2, 0.25) is 0 Å². The van der Waals surface area contributed by atoms with Crippen LogP contribution < -0.4 is 0 Å². The van der Waals surface area contributed by atoms with Crippen molar-refractivity contribution in [1.29, 1.82) is 0 Å². The lowest BCUT2D eigenvalue weighted by Gasteiger charge is -2.12. The van der Waals surface area contributed by atoms with E-state index in [1.165, 1.54) is 28.8 Å². The quantitative estimate of drug-likeness (QED) is 0.264. The minimum atomic E-state index is -0.213. The van der Waals surface area contributed by atoms with E-state index in [0.717, 1.165) is 23.1 Å². The fourth-order valence-corrected chi connectivity index (χ4v) is 3.69. The zero-order chi connectivity index (χ0) is 22.2. The van der Waals surface area contributed by atoms with Crippen LogP contribution >= 0.6 is 0 Å². The molecule has 0 saturated carbocycles. The zero-order valence-corrected chi connectivity index (χ0v) is 18.3. The van der Waals surface area contributed by atoms with Crippen molar-refractivity contribution < 1.29 is 4.39 Å². The maximum Gasteiger partial charge on any atom is 0.123 e. The minimum absolute atomic E-state index is 0.213. The predicted molar refractivity (Wildman–Crippen MR) is 136 cm³/mol. The average molecular weight is 419 g/mol. The molecular formula is C31H27F. The molecule has 1 atom stereocenters. The third-order valence-corrected chi connectivity index (χ3v) is 5.63. The Hall–Kier alpha value is -3.71. The van der Waals surface area contributed by atoms with Gasteiger partial charge in [-0.05, 0) is 57.9 Å². The fourth-order valence-electron chi connectivity index (χ4n) is 3.69. The van der Waals surface area contributed by atoms with E-state index in [4.69, 9.17) is 0 Å². The Bertz CT molecular complexity index is 1170. The first kappa shape index (κ1) is 21.5. The van der Waals surface area contributed by atoms with E-state index in [9.17, 15) is 4.39 Å². The van der Waals surface area contributed by atoms with Crippen molar-refractivity contribution in [2.75, 3.05) is 0 Å². The van der Waals surface area contributed by atoms with Gasteiger partial charge < -0.3 is 0 Å². The largest absolute Gasteiger partial charge is 0.207 e. The van der Waals surface area contributed by atoms with Crippen LogP contribution in [0.5, 0.6) is 0 Å². The molecule has 4 rings (SSSR count). The Kier molecular flexibility index (Phi) is 7.09. The van der Waals surface area contributed by atoms with E-state index in [2.05, 4.69) is 97.9 Å². The molecule has 0 aliphatic rings. The number of hydrogen-bond donors (Lipinski definition) is 0. The van der Waals surface area contributed by atoms with Gasteiger partial charge in [-0.1, -0.05) is 122 Å². The summed E-state index contributed by atoms with van der Waals surface area (Å²) in [4.78, 5) is 0. The Balaban J connectivity index is 1.34. The number of halogens is 1. The third kappa shape index (κ3) is 6.15. The molecule has 4 aromatic rings. The lowest BCUT2D eigenvalue weighted by Crippen LogP contribution is -1.98. The van der Waals surface area contributed by atoms with Crippen LogP contribution in [-0.4, -0.2) is 0 Å². The molecule has 0 aliphatic heterocycles. The highest BCUT2D eigenvalue weighted by Gasteiger charge is 2.05. The molecule has 32 heavy (non-hydrogen) atoms. The summed E-state index contributed by atoms with van der Waals surface area (Å²) in [7, 11) is 0. The minimum Gasteiger partial charge on any atom is -0.207 e. The van der Waals surface area contributed by atoms with Crippen molar-refractivity contribution in [2.24, 2.45) is 0 Å². The van der Waals surface area contributed by atoms with Gasteiger partial charge in [0.25, 0.3) is 0 Å². The molecule has 0 saturated heterocycles. The summed E-state index contributed by atoms with van der Waals surface area (Å²) >= 11 is 0. The number of hydrogen-bond acceptors (Lipinski definition) is 0. The van der Waals surface area contributed by atoms with E-state index in [-0.39, 0.29) is 5.82 Å². The van der Waals surface area contributed by atoms with Crippen molar-refractivity contribution in [3.05, 3.63) is 142 Å². The summed E-state index contributed by atoms with van der Waals surface area (Å²) in [5, 5.41) is 0. The van der Waals surface area contributed by atoms with E-state index in [0.29, 0.717) is 5.92 Å². The Labute approximate surface area is 190 Å². The highest BCUT2D eigenvalue weighted by molar-refractivity contribution is 5.73. The van der Waals surface area contributed by atoms with Crippen LogP contribution in [0.25, 0.3) is 24.3 Å². The van der Waals surface area contributed by atoms with Crippen molar-refractivity contribution >= 4 is 24.3 Å². The van der Waals surface area contributed by atoms with Crippen LogP contribution in [0, 0.1) is 5.82 Å².